The molecule has 0 radical (unpaired) electrons. The Morgan fingerprint density at radius 1 is 1.24 bits per heavy atom. The molecule has 2 aliphatic heterocycles. The molecule has 2 aliphatic rings. The highest BCUT2D eigenvalue weighted by Crippen LogP contribution is 2.45. The molecular formula is C26H25F2N7O2S. The maximum absolute atomic E-state index is 16.5. The summed E-state index contributed by atoms with van der Waals surface area (Å²) in [5, 5.41) is 10.7. The van der Waals surface area contributed by atoms with Crippen LogP contribution in [0.25, 0.3) is 32.2 Å². The van der Waals surface area contributed by atoms with Crippen LogP contribution in [0.15, 0.2) is 12.4 Å². The van der Waals surface area contributed by atoms with E-state index >= 15 is 4.39 Å². The van der Waals surface area contributed by atoms with E-state index in [-0.39, 0.29) is 62.6 Å². The average molecular weight is 538 g/mol. The first-order chi connectivity index (χ1) is 18.3. The minimum absolute atomic E-state index is 0.0820. The van der Waals surface area contributed by atoms with E-state index in [0.29, 0.717) is 36.6 Å². The lowest BCUT2D eigenvalue weighted by molar-refractivity contribution is 0.122. The number of thiophene rings is 1. The highest BCUT2D eigenvalue weighted by molar-refractivity contribution is 7.23. The van der Waals surface area contributed by atoms with Crippen LogP contribution in [0.5, 0.6) is 0 Å². The van der Waals surface area contributed by atoms with Crippen LogP contribution < -0.4 is 10.6 Å². The molecule has 0 bridgehead atoms. The van der Waals surface area contributed by atoms with Gasteiger partial charge in [-0.15, -0.1) is 11.3 Å². The highest BCUT2D eigenvalue weighted by atomic mass is 32.1. The van der Waals surface area contributed by atoms with Gasteiger partial charge in [0.2, 0.25) is 5.95 Å². The van der Waals surface area contributed by atoms with Gasteiger partial charge in [0.1, 0.15) is 16.6 Å². The Bertz CT molecular complexity index is 1630. The smallest absolute Gasteiger partial charge is 0.226 e. The number of halogens is 2. The van der Waals surface area contributed by atoms with E-state index in [4.69, 9.17) is 20.2 Å². The van der Waals surface area contributed by atoms with Crippen molar-refractivity contribution in [3.05, 3.63) is 40.7 Å². The lowest BCUT2D eigenvalue weighted by atomic mass is 9.94. The molecule has 1 aromatic carbocycles. The number of benzene rings is 1. The molecule has 2 unspecified atom stereocenters. The number of ether oxygens (including phenoxy) is 2. The van der Waals surface area contributed by atoms with E-state index in [0.717, 1.165) is 23.1 Å². The second-order valence-corrected chi connectivity index (χ2v) is 10.9. The molecule has 2 N–H and O–H groups in total. The number of pyridine rings is 1. The standard InChI is InChI=1S/C26H25F2N7O2S/c1-34(2)18-8-35(7-12(18)9-36-3)26-32-5-14-15-10-37-11-16(15)19(21(28)22(14)33-26)23-20-13(4-29)25(30)38-24(20)17(27)6-31-23/h5-6,12,18H,7-11,30H2,1-3H3. The molecule has 0 saturated carbocycles. The van der Waals surface area contributed by atoms with Crippen molar-refractivity contribution in [1.82, 2.24) is 19.9 Å². The third kappa shape index (κ3) is 3.69. The van der Waals surface area contributed by atoms with E-state index in [1.807, 2.05) is 25.1 Å². The molecule has 9 nitrogen and oxygen atoms in total. The van der Waals surface area contributed by atoms with Gasteiger partial charge in [-0.05, 0) is 25.2 Å². The second-order valence-electron chi connectivity index (χ2n) is 9.83. The van der Waals surface area contributed by atoms with E-state index in [1.165, 1.54) is 0 Å². The van der Waals surface area contributed by atoms with Crippen LogP contribution in [-0.2, 0) is 22.7 Å². The number of nitriles is 1. The number of aromatic nitrogens is 3. The number of anilines is 2. The summed E-state index contributed by atoms with van der Waals surface area (Å²) in [6.07, 6.45) is 2.68. The van der Waals surface area contributed by atoms with Gasteiger partial charge in [-0.2, -0.15) is 5.26 Å². The molecule has 5 heterocycles. The van der Waals surface area contributed by atoms with E-state index < -0.39 is 11.6 Å². The number of nitrogen functional groups attached to an aromatic ring is 1. The molecule has 38 heavy (non-hydrogen) atoms. The first-order valence-electron chi connectivity index (χ1n) is 12.1. The van der Waals surface area contributed by atoms with Gasteiger partial charge < -0.3 is 25.0 Å². The Morgan fingerprint density at radius 3 is 2.76 bits per heavy atom. The number of methoxy groups -OCH3 is 1. The zero-order valence-corrected chi connectivity index (χ0v) is 21.9. The van der Waals surface area contributed by atoms with Crippen molar-refractivity contribution in [2.24, 2.45) is 5.92 Å². The van der Waals surface area contributed by atoms with Crippen LogP contribution >= 0.6 is 11.3 Å². The molecule has 4 aromatic rings. The molecular weight excluding hydrogens is 512 g/mol. The molecule has 3 aromatic heterocycles. The lowest BCUT2D eigenvalue weighted by Gasteiger charge is -2.24. The van der Waals surface area contributed by atoms with Crippen LogP contribution in [0, 0.1) is 28.9 Å². The van der Waals surface area contributed by atoms with Gasteiger partial charge >= 0.3 is 0 Å². The normalized spacial score (nSPS) is 19.1. The highest BCUT2D eigenvalue weighted by Gasteiger charge is 2.36. The fourth-order valence-corrected chi connectivity index (χ4v) is 6.59. The summed E-state index contributed by atoms with van der Waals surface area (Å²) in [6, 6.07) is 2.26. The Balaban J connectivity index is 1.55. The van der Waals surface area contributed by atoms with Crippen molar-refractivity contribution in [2.45, 2.75) is 19.3 Å². The van der Waals surface area contributed by atoms with Crippen LogP contribution in [0.1, 0.15) is 16.7 Å². The van der Waals surface area contributed by atoms with Crippen molar-refractivity contribution in [1.29, 1.82) is 5.26 Å². The quantitative estimate of drug-likeness (QED) is 0.407. The van der Waals surface area contributed by atoms with Crippen LogP contribution in [0.3, 0.4) is 0 Å². The van der Waals surface area contributed by atoms with E-state index in [9.17, 15) is 9.65 Å². The number of likely N-dealkylation sites (N-methyl/N-ethyl adjacent to an activating group) is 1. The van der Waals surface area contributed by atoms with Crippen LogP contribution in [-0.4, -0.2) is 66.8 Å². The van der Waals surface area contributed by atoms with Gasteiger partial charge in [0.25, 0.3) is 0 Å². The SMILES string of the molecule is COCC1CN(c2ncc3c4c(c(-c5ncc(F)c6sc(N)c(C#N)c56)c(F)c3n2)COC4)CC1N(C)C. The van der Waals surface area contributed by atoms with E-state index in [1.54, 1.807) is 13.3 Å². The van der Waals surface area contributed by atoms with Crippen molar-refractivity contribution in [2.75, 3.05) is 51.5 Å². The third-order valence-corrected chi connectivity index (χ3v) is 8.49. The molecule has 0 amide bonds. The summed E-state index contributed by atoms with van der Waals surface area (Å²) in [5.74, 6) is -0.566. The first-order valence-corrected chi connectivity index (χ1v) is 12.9. The summed E-state index contributed by atoms with van der Waals surface area (Å²) in [6.45, 7) is 2.34. The summed E-state index contributed by atoms with van der Waals surface area (Å²) < 4.78 is 42.5. The lowest BCUT2D eigenvalue weighted by Crippen LogP contribution is -2.37. The van der Waals surface area contributed by atoms with Crippen molar-refractivity contribution in [3.8, 4) is 17.3 Å². The Hall–Kier alpha value is -3.50. The predicted molar refractivity (Wildman–Crippen MR) is 141 cm³/mol. The van der Waals surface area contributed by atoms with Crippen molar-refractivity contribution < 1.29 is 18.3 Å². The molecule has 1 saturated heterocycles. The largest absolute Gasteiger partial charge is 0.389 e. The number of nitrogens with zero attached hydrogens (tertiary/aromatic N) is 6. The molecule has 6 rings (SSSR count). The van der Waals surface area contributed by atoms with Gasteiger partial charge in [-0.25, -0.2) is 18.7 Å². The molecule has 0 aliphatic carbocycles. The molecule has 0 spiro atoms. The van der Waals surface area contributed by atoms with E-state index in [2.05, 4.69) is 14.9 Å². The Labute approximate surface area is 221 Å². The third-order valence-electron chi connectivity index (χ3n) is 7.47. The predicted octanol–water partition coefficient (Wildman–Crippen LogP) is 3.68. The zero-order valence-electron chi connectivity index (χ0n) is 21.1. The Morgan fingerprint density at radius 2 is 2.03 bits per heavy atom. The molecule has 12 heteroatoms. The van der Waals surface area contributed by atoms with Crippen molar-refractivity contribution in [3.63, 3.8) is 0 Å². The van der Waals surface area contributed by atoms with Gasteiger partial charge in [-0.1, -0.05) is 0 Å². The van der Waals surface area contributed by atoms with Gasteiger partial charge in [0.15, 0.2) is 11.6 Å². The number of fused-ring (bicyclic) bond motifs is 4. The molecule has 2 atom stereocenters. The van der Waals surface area contributed by atoms with Gasteiger partial charge in [0.05, 0.1) is 42.0 Å². The summed E-state index contributed by atoms with van der Waals surface area (Å²) >= 11 is 0.947. The number of hydrogen-bond donors (Lipinski definition) is 1. The van der Waals surface area contributed by atoms with Gasteiger partial charge in [-0.3, -0.25) is 4.98 Å². The van der Waals surface area contributed by atoms with Crippen LogP contribution in [0.4, 0.5) is 19.7 Å². The average Bonchev–Trinajstić information content (AvgIpc) is 3.62. The number of hydrogen-bond acceptors (Lipinski definition) is 10. The monoisotopic (exact) mass is 537 g/mol. The summed E-state index contributed by atoms with van der Waals surface area (Å²) in [4.78, 5) is 17.7. The minimum Gasteiger partial charge on any atom is -0.389 e. The van der Waals surface area contributed by atoms with Crippen molar-refractivity contribution >= 4 is 43.3 Å². The fourth-order valence-electron chi connectivity index (χ4n) is 5.67. The maximum atomic E-state index is 16.5. The molecule has 196 valence electrons. The number of nitrogens with two attached hydrogens (primary N) is 1. The summed E-state index contributed by atoms with van der Waals surface area (Å²) in [5.41, 5.74) is 7.89. The minimum atomic E-state index is -0.615. The maximum Gasteiger partial charge on any atom is 0.226 e. The number of rotatable bonds is 5. The fraction of sp³-hybridized carbons (Fsp3) is 0.385. The Kier molecular flexibility index (Phi) is 6.11. The molecule has 1 fully saturated rings. The zero-order chi connectivity index (χ0) is 26.7. The van der Waals surface area contributed by atoms with Gasteiger partial charge in [0, 0.05) is 54.7 Å². The summed E-state index contributed by atoms with van der Waals surface area (Å²) in [7, 11) is 5.73. The first kappa shape index (κ1) is 24.8. The van der Waals surface area contributed by atoms with Crippen LogP contribution in [0.2, 0.25) is 0 Å². The topological polar surface area (TPSA) is 113 Å². The second kappa shape index (κ2) is 9.36.